The Hall–Kier alpha value is -3.32. The van der Waals surface area contributed by atoms with Gasteiger partial charge in [-0.2, -0.15) is 9.97 Å². The Kier molecular flexibility index (Phi) is 5.81. The van der Waals surface area contributed by atoms with E-state index >= 15 is 0 Å². The van der Waals surface area contributed by atoms with E-state index in [1.807, 2.05) is 17.0 Å². The average Bonchev–Trinajstić information content (AvgIpc) is 2.87. The van der Waals surface area contributed by atoms with Crippen molar-refractivity contribution < 1.29 is 9.53 Å². The zero-order valence-corrected chi connectivity index (χ0v) is 19.4. The van der Waals surface area contributed by atoms with Crippen LogP contribution in [0, 0.1) is 0 Å². The molecule has 0 radical (unpaired) electrons. The summed E-state index contributed by atoms with van der Waals surface area (Å²) in [5.74, 6) is 0.888. The minimum absolute atomic E-state index is 0.0265. The first kappa shape index (κ1) is 21.5. The van der Waals surface area contributed by atoms with Gasteiger partial charge in [0.15, 0.2) is 0 Å². The van der Waals surface area contributed by atoms with Crippen LogP contribution in [0.3, 0.4) is 0 Å². The van der Waals surface area contributed by atoms with Crippen molar-refractivity contribution in [2.24, 2.45) is 0 Å². The maximum Gasteiger partial charge on any atom is 0.318 e. The minimum atomic E-state index is -0.0265. The number of carbonyl (C=O) groups is 1. The molecule has 0 unspecified atom stereocenters. The molecule has 33 heavy (non-hydrogen) atoms. The lowest BCUT2D eigenvalue weighted by Gasteiger charge is -2.38. The third-order valence-electron chi connectivity index (χ3n) is 6.44. The second-order valence-electron chi connectivity index (χ2n) is 8.26. The average molecular weight is 464 g/mol. The van der Waals surface area contributed by atoms with E-state index in [1.165, 1.54) is 6.08 Å². The molecule has 3 heterocycles. The number of piperazine rings is 1. The van der Waals surface area contributed by atoms with Gasteiger partial charge in [-0.25, -0.2) is 0 Å². The summed E-state index contributed by atoms with van der Waals surface area (Å²) < 4.78 is 5.45. The number of ether oxygens (including phenoxy) is 1. The molecular weight excluding hydrogens is 438 g/mol. The number of hydrogen-bond acceptors (Lipinski definition) is 6. The highest BCUT2D eigenvalue weighted by molar-refractivity contribution is 6.36. The highest BCUT2D eigenvalue weighted by Crippen LogP contribution is 2.36. The lowest BCUT2D eigenvalue weighted by molar-refractivity contribution is -0.126. The van der Waals surface area contributed by atoms with Crippen molar-refractivity contribution in [1.82, 2.24) is 14.9 Å². The lowest BCUT2D eigenvalue weighted by atomic mass is 10.0. The van der Waals surface area contributed by atoms with E-state index in [4.69, 9.17) is 26.3 Å². The quantitative estimate of drug-likeness (QED) is 0.550. The number of hydrogen-bond donors (Lipinski definition) is 0. The molecular formula is C25H26ClN5O2. The van der Waals surface area contributed by atoms with E-state index in [2.05, 4.69) is 40.6 Å². The van der Waals surface area contributed by atoms with Gasteiger partial charge in [-0.15, -0.1) is 0 Å². The van der Waals surface area contributed by atoms with Gasteiger partial charge in [0, 0.05) is 49.4 Å². The molecule has 0 bridgehead atoms. The van der Waals surface area contributed by atoms with Crippen LogP contribution in [0.5, 0.6) is 6.01 Å². The molecule has 0 spiro atoms. The summed E-state index contributed by atoms with van der Waals surface area (Å²) in [6.45, 7) is 7.82. The number of aromatic nitrogens is 2. The summed E-state index contributed by atoms with van der Waals surface area (Å²) in [6.07, 6.45) is 2.20. The molecule has 0 N–H and O–H groups in total. The van der Waals surface area contributed by atoms with Crippen LogP contribution >= 0.6 is 11.6 Å². The third-order valence-corrected chi connectivity index (χ3v) is 6.76. The van der Waals surface area contributed by atoms with Crippen LogP contribution in [0.25, 0.3) is 10.8 Å². The smallest absolute Gasteiger partial charge is 0.318 e. The molecule has 2 aliphatic rings. The van der Waals surface area contributed by atoms with Gasteiger partial charge in [0.1, 0.15) is 5.82 Å². The fraction of sp³-hybridized carbons (Fsp3) is 0.320. The fourth-order valence-electron chi connectivity index (χ4n) is 4.75. The standard InChI is InChI=1S/C25H26ClN5O2/c1-3-22(32)29-12-14-30(15-13-29)24-18-10-11-31(16-20(18)27-25(28-24)33-2)21-9-5-7-17-6-4-8-19(26)23(17)21/h3-9H,1,10-16H2,2H3. The van der Waals surface area contributed by atoms with Gasteiger partial charge < -0.3 is 19.4 Å². The predicted octanol–water partition coefficient (Wildman–Crippen LogP) is 3.69. The van der Waals surface area contributed by atoms with Crippen LogP contribution in [0.15, 0.2) is 49.1 Å². The van der Waals surface area contributed by atoms with Crippen molar-refractivity contribution in [3.8, 4) is 6.01 Å². The Labute approximate surface area is 198 Å². The summed E-state index contributed by atoms with van der Waals surface area (Å²) in [6, 6.07) is 12.6. The van der Waals surface area contributed by atoms with Gasteiger partial charge in [-0.1, -0.05) is 42.4 Å². The van der Waals surface area contributed by atoms with Gasteiger partial charge in [0.05, 0.1) is 24.4 Å². The molecule has 3 aromatic rings. The predicted molar refractivity (Wildman–Crippen MR) is 131 cm³/mol. The van der Waals surface area contributed by atoms with Crippen LogP contribution in [0.1, 0.15) is 11.3 Å². The Morgan fingerprint density at radius 2 is 1.82 bits per heavy atom. The zero-order chi connectivity index (χ0) is 22.9. The first-order valence-corrected chi connectivity index (χ1v) is 11.5. The second-order valence-corrected chi connectivity index (χ2v) is 8.67. The lowest BCUT2D eigenvalue weighted by Crippen LogP contribution is -2.49. The first-order chi connectivity index (χ1) is 16.1. The molecule has 1 aromatic heterocycles. The molecule has 0 saturated carbocycles. The maximum atomic E-state index is 12.0. The molecule has 1 amide bonds. The second kappa shape index (κ2) is 8.90. The molecule has 2 aromatic carbocycles. The molecule has 1 fully saturated rings. The molecule has 170 valence electrons. The number of benzene rings is 2. The molecule has 8 heteroatoms. The van der Waals surface area contributed by atoms with Gasteiger partial charge in [0.2, 0.25) is 5.91 Å². The van der Waals surface area contributed by atoms with Gasteiger partial charge in [0.25, 0.3) is 0 Å². The number of fused-ring (bicyclic) bond motifs is 2. The SMILES string of the molecule is C=CC(=O)N1CCN(c2nc(OC)nc3c2CCN(c2cccc4cccc(Cl)c24)C3)CC1. The van der Waals surface area contributed by atoms with E-state index in [1.54, 1.807) is 7.11 Å². The van der Waals surface area contributed by atoms with Crippen molar-refractivity contribution in [3.05, 3.63) is 65.3 Å². The Balaban J connectivity index is 1.46. The monoisotopic (exact) mass is 463 g/mol. The van der Waals surface area contributed by atoms with Gasteiger partial charge in [-0.3, -0.25) is 4.79 Å². The van der Waals surface area contributed by atoms with Crippen molar-refractivity contribution in [2.45, 2.75) is 13.0 Å². The minimum Gasteiger partial charge on any atom is -0.467 e. The summed E-state index contributed by atoms with van der Waals surface area (Å²) in [5, 5.41) is 2.94. The van der Waals surface area contributed by atoms with Crippen molar-refractivity contribution in [2.75, 3.05) is 49.6 Å². The number of methoxy groups -OCH3 is 1. The summed E-state index contributed by atoms with van der Waals surface area (Å²) in [7, 11) is 1.59. The third kappa shape index (κ3) is 3.97. The number of anilines is 2. The van der Waals surface area contributed by atoms with Crippen molar-refractivity contribution >= 4 is 39.8 Å². The van der Waals surface area contributed by atoms with E-state index in [0.29, 0.717) is 25.6 Å². The topological polar surface area (TPSA) is 61.8 Å². The summed E-state index contributed by atoms with van der Waals surface area (Å²) in [5.41, 5.74) is 3.23. The largest absolute Gasteiger partial charge is 0.467 e. The maximum absolute atomic E-state index is 12.0. The number of halogens is 1. The number of nitrogens with zero attached hydrogens (tertiary/aromatic N) is 5. The van der Waals surface area contributed by atoms with Crippen LogP contribution < -0.4 is 14.5 Å². The van der Waals surface area contributed by atoms with E-state index in [0.717, 1.165) is 64.6 Å². The molecule has 0 atom stereocenters. The van der Waals surface area contributed by atoms with E-state index < -0.39 is 0 Å². The molecule has 0 aliphatic carbocycles. The zero-order valence-electron chi connectivity index (χ0n) is 18.6. The van der Waals surface area contributed by atoms with E-state index in [-0.39, 0.29) is 5.91 Å². The molecule has 7 nitrogen and oxygen atoms in total. The Morgan fingerprint density at radius 3 is 2.55 bits per heavy atom. The van der Waals surface area contributed by atoms with Gasteiger partial charge in [-0.05, 0) is 30.0 Å². The highest BCUT2D eigenvalue weighted by Gasteiger charge is 2.28. The van der Waals surface area contributed by atoms with Crippen LogP contribution in [0.4, 0.5) is 11.5 Å². The van der Waals surface area contributed by atoms with Gasteiger partial charge >= 0.3 is 6.01 Å². The Morgan fingerprint density at radius 1 is 1.06 bits per heavy atom. The van der Waals surface area contributed by atoms with Crippen LogP contribution in [-0.2, 0) is 17.8 Å². The highest BCUT2D eigenvalue weighted by atomic mass is 35.5. The van der Waals surface area contributed by atoms with Crippen molar-refractivity contribution in [3.63, 3.8) is 0 Å². The molecule has 1 saturated heterocycles. The Bertz CT molecular complexity index is 1220. The number of amides is 1. The van der Waals surface area contributed by atoms with Crippen LogP contribution in [0.2, 0.25) is 5.02 Å². The van der Waals surface area contributed by atoms with E-state index in [9.17, 15) is 4.79 Å². The normalized spacial score (nSPS) is 16.0. The number of carbonyl (C=O) groups excluding carboxylic acids is 1. The van der Waals surface area contributed by atoms with Crippen molar-refractivity contribution in [1.29, 1.82) is 0 Å². The molecule has 5 rings (SSSR count). The summed E-state index contributed by atoms with van der Waals surface area (Å²) in [4.78, 5) is 27.8. The fourth-order valence-corrected chi connectivity index (χ4v) is 5.03. The number of rotatable bonds is 4. The first-order valence-electron chi connectivity index (χ1n) is 11.1. The summed E-state index contributed by atoms with van der Waals surface area (Å²) >= 11 is 6.59. The molecule has 2 aliphatic heterocycles. The van der Waals surface area contributed by atoms with Crippen LogP contribution in [-0.4, -0.2) is 60.6 Å².